The molecule has 0 atom stereocenters. The highest BCUT2D eigenvalue weighted by molar-refractivity contribution is 5.60. The molecular weight excluding hydrogens is 240 g/mol. The molecule has 0 spiro atoms. The second kappa shape index (κ2) is 5.32. The van der Waals surface area contributed by atoms with Crippen molar-refractivity contribution in [2.24, 2.45) is 0 Å². The maximum atomic E-state index is 9.49. The first-order valence-corrected chi connectivity index (χ1v) is 6.48. The van der Waals surface area contributed by atoms with Gasteiger partial charge in [0, 0.05) is 49.0 Å². The summed E-state index contributed by atoms with van der Waals surface area (Å²) in [6.07, 6.45) is 8.59. The van der Waals surface area contributed by atoms with E-state index in [2.05, 4.69) is 19.9 Å². The van der Waals surface area contributed by atoms with Crippen LogP contribution < -0.4 is 4.90 Å². The van der Waals surface area contributed by atoms with Crippen LogP contribution in [0.3, 0.4) is 0 Å². The Labute approximate surface area is 112 Å². The van der Waals surface area contributed by atoms with E-state index in [9.17, 15) is 5.11 Å². The molecule has 0 aliphatic carbocycles. The number of piperidine rings is 1. The number of nitrogens with zero attached hydrogens (tertiary/aromatic N) is 4. The minimum atomic E-state index is -0.175. The molecule has 1 aliphatic rings. The van der Waals surface area contributed by atoms with Crippen LogP contribution in [-0.4, -0.2) is 39.3 Å². The molecule has 1 aliphatic heterocycles. The molecule has 0 saturated carbocycles. The Balaban J connectivity index is 1.76. The Morgan fingerprint density at radius 2 is 1.79 bits per heavy atom. The van der Waals surface area contributed by atoms with Gasteiger partial charge in [-0.15, -0.1) is 0 Å². The number of aromatic nitrogens is 3. The second-order valence-corrected chi connectivity index (χ2v) is 4.73. The molecule has 0 unspecified atom stereocenters. The van der Waals surface area contributed by atoms with Gasteiger partial charge < -0.3 is 10.0 Å². The molecule has 5 heteroatoms. The van der Waals surface area contributed by atoms with E-state index in [1.54, 1.807) is 12.4 Å². The van der Waals surface area contributed by atoms with E-state index in [0.29, 0.717) is 0 Å². The number of hydrogen-bond donors (Lipinski definition) is 1. The average molecular weight is 256 g/mol. The molecule has 0 aromatic carbocycles. The summed E-state index contributed by atoms with van der Waals surface area (Å²) in [6.45, 7) is 1.63. The molecule has 0 amide bonds. The molecule has 19 heavy (non-hydrogen) atoms. The van der Waals surface area contributed by atoms with Gasteiger partial charge in [0.15, 0.2) is 0 Å². The van der Waals surface area contributed by atoms with Crippen LogP contribution in [0.15, 0.2) is 36.9 Å². The van der Waals surface area contributed by atoms with Crippen LogP contribution in [0.2, 0.25) is 0 Å². The number of aliphatic hydroxyl groups excluding tert-OH is 1. The van der Waals surface area contributed by atoms with Crippen molar-refractivity contribution in [1.29, 1.82) is 0 Å². The molecule has 98 valence electrons. The van der Waals surface area contributed by atoms with Gasteiger partial charge in [-0.1, -0.05) is 6.07 Å². The van der Waals surface area contributed by atoms with Crippen molar-refractivity contribution in [2.75, 3.05) is 18.0 Å². The summed E-state index contributed by atoms with van der Waals surface area (Å²) in [4.78, 5) is 15.0. The van der Waals surface area contributed by atoms with Crippen LogP contribution in [0.1, 0.15) is 12.8 Å². The Morgan fingerprint density at radius 1 is 1.05 bits per heavy atom. The first-order chi connectivity index (χ1) is 9.33. The van der Waals surface area contributed by atoms with Crippen LogP contribution in [0.25, 0.3) is 11.1 Å². The normalized spacial score (nSPS) is 16.6. The lowest BCUT2D eigenvalue weighted by molar-refractivity contribution is 0.145. The zero-order valence-corrected chi connectivity index (χ0v) is 10.6. The smallest absolute Gasteiger partial charge is 0.225 e. The van der Waals surface area contributed by atoms with Gasteiger partial charge in [0.2, 0.25) is 5.95 Å². The van der Waals surface area contributed by atoms with Crippen molar-refractivity contribution in [3.63, 3.8) is 0 Å². The fraction of sp³-hybridized carbons (Fsp3) is 0.357. The topological polar surface area (TPSA) is 62.1 Å². The summed E-state index contributed by atoms with van der Waals surface area (Å²) < 4.78 is 0. The lowest BCUT2D eigenvalue weighted by Crippen LogP contribution is -2.36. The van der Waals surface area contributed by atoms with E-state index in [1.807, 2.05) is 24.5 Å². The van der Waals surface area contributed by atoms with E-state index in [4.69, 9.17) is 0 Å². The Bertz CT molecular complexity index is 521. The summed E-state index contributed by atoms with van der Waals surface area (Å²) in [7, 11) is 0. The average Bonchev–Trinajstić information content (AvgIpc) is 2.49. The van der Waals surface area contributed by atoms with Gasteiger partial charge in [-0.3, -0.25) is 4.98 Å². The molecule has 2 aromatic rings. The fourth-order valence-corrected chi connectivity index (χ4v) is 2.23. The number of aliphatic hydroxyl groups is 1. The predicted molar refractivity (Wildman–Crippen MR) is 72.7 cm³/mol. The Morgan fingerprint density at radius 3 is 2.42 bits per heavy atom. The van der Waals surface area contributed by atoms with Gasteiger partial charge in [-0.25, -0.2) is 9.97 Å². The van der Waals surface area contributed by atoms with E-state index < -0.39 is 0 Å². The van der Waals surface area contributed by atoms with Gasteiger partial charge in [0.05, 0.1) is 6.10 Å². The van der Waals surface area contributed by atoms with Crippen LogP contribution in [0.4, 0.5) is 5.95 Å². The van der Waals surface area contributed by atoms with Crippen molar-refractivity contribution in [3.8, 4) is 11.1 Å². The molecule has 5 nitrogen and oxygen atoms in total. The SMILES string of the molecule is OC1CCN(c2ncc(-c3cccnc3)cn2)CC1. The summed E-state index contributed by atoms with van der Waals surface area (Å²) in [5.41, 5.74) is 1.98. The lowest BCUT2D eigenvalue weighted by atomic mass is 10.1. The van der Waals surface area contributed by atoms with Gasteiger partial charge in [0.1, 0.15) is 0 Å². The third kappa shape index (κ3) is 2.71. The van der Waals surface area contributed by atoms with E-state index >= 15 is 0 Å². The number of rotatable bonds is 2. The van der Waals surface area contributed by atoms with Gasteiger partial charge >= 0.3 is 0 Å². The van der Waals surface area contributed by atoms with Gasteiger partial charge in [-0.05, 0) is 18.9 Å². The molecule has 3 rings (SSSR count). The van der Waals surface area contributed by atoms with Crippen LogP contribution in [-0.2, 0) is 0 Å². The van der Waals surface area contributed by atoms with Crippen molar-refractivity contribution in [3.05, 3.63) is 36.9 Å². The molecule has 2 aromatic heterocycles. The first kappa shape index (κ1) is 12.0. The lowest BCUT2D eigenvalue weighted by Gasteiger charge is -2.29. The maximum Gasteiger partial charge on any atom is 0.225 e. The predicted octanol–water partition coefficient (Wildman–Crippen LogP) is 1.50. The van der Waals surface area contributed by atoms with Crippen molar-refractivity contribution in [2.45, 2.75) is 18.9 Å². The van der Waals surface area contributed by atoms with E-state index in [1.165, 1.54) is 0 Å². The van der Waals surface area contributed by atoms with Crippen molar-refractivity contribution >= 4 is 5.95 Å². The second-order valence-electron chi connectivity index (χ2n) is 4.73. The minimum Gasteiger partial charge on any atom is -0.393 e. The molecule has 0 bridgehead atoms. The van der Waals surface area contributed by atoms with Crippen LogP contribution in [0.5, 0.6) is 0 Å². The standard InChI is InChI=1S/C14H16N4O/c19-13-3-6-18(7-4-13)14-16-9-12(10-17-14)11-2-1-5-15-8-11/h1-2,5,8-10,13,19H,3-4,6-7H2. The molecule has 1 fully saturated rings. The third-order valence-electron chi connectivity index (χ3n) is 3.38. The zero-order chi connectivity index (χ0) is 13.1. The molecule has 0 radical (unpaired) electrons. The zero-order valence-electron chi connectivity index (χ0n) is 10.6. The maximum absolute atomic E-state index is 9.49. The highest BCUT2D eigenvalue weighted by Gasteiger charge is 2.18. The summed E-state index contributed by atoms with van der Waals surface area (Å²) in [5, 5.41) is 9.49. The molecule has 1 N–H and O–H groups in total. The largest absolute Gasteiger partial charge is 0.393 e. The summed E-state index contributed by atoms with van der Waals surface area (Å²) >= 11 is 0. The van der Waals surface area contributed by atoms with Crippen LogP contribution in [0, 0.1) is 0 Å². The van der Waals surface area contributed by atoms with Gasteiger partial charge in [0.25, 0.3) is 0 Å². The van der Waals surface area contributed by atoms with Gasteiger partial charge in [-0.2, -0.15) is 0 Å². The van der Waals surface area contributed by atoms with E-state index in [0.717, 1.165) is 43.0 Å². The highest BCUT2D eigenvalue weighted by atomic mass is 16.3. The van der Waals surface area contributed by atoms with Crippen LogP contribution >= 0.6 is 0 Å². The first-order valence-electron chi connectivity index (χ1n) is 6.48. The summed E-state index contributed by atoms with van der Waals surface area (Å²) in [5.74, 6) is 0.736. The Hall–Kier alpha value is -2.01. The molecule has 3 heterocycles. The number of pyridine rings is 1. The third-order valence-corrected chi connectivity index (χ3v) is 3.38. The van der Waals surface area contributed by atoms with Crippen molar-refractivity contribution < 1.29 is 5.11 Å². The number of anilines is 1. The van der Waals surface area contributed by atoms with Crippen molar-refractivity contribution in [1.82, 2.24) is 15.0 Å². The van der Waals surface area contributed by atoms with E-state index in [-0.39, 0.29) is 6.10 Å². The molecular formula is C14H16N4O. The molecule has 1 saturated heterocycles. The quantitative estimate of drug-likeness (QED) is 0.882. The summed E-state index contributed by atoms with van der Waals surface area (Å²) in [6, 6.07) is 3.89. The number of hydrogen-bond acceptors (Lipinski definition) is 5. The monoisotopic (exact) mass is 256 g/mol. The highest BCUT2D eigenvalue weighted by Crippen LogP contribution is 2.19. The Kier molecular flexibility index (Phi) is 3.37. The fourth-order valence-electron chi connectivity index (χ4n) is 2.23. The minimum absolute atomic E-state index is 0.175.